The number of nitrogens with one attached hydrogen (secondary N) is 1. The van der Waals surface area contributed by atoms with Crippen LogP contribution in [0.1, 0.15) is 38.5 Å². The Kier molecular flexibility index (Phi) is 4.30. The second-order valence-electron chi connectivity index (χ2n) is 8.82. The van der Waals surface area contributed by atoms with Gasteiger partial charge in [-0.25, -0.2) is 4.98 Å². The molecule has 4 aliphatic rings. The van der Waals surface area contributed by atoms with Gasteiger partial charge in [-0.2, -0.15) is 0 Å². The van der Waals surface area contributed by atoms with E-state index in [0.717, 1.165) is 33.9 Å². The van der Waals surface area contributed by atoms with Crippen molar-refractivity contribution in [3.05, 3.63) is 36.9 Å². The first-order chi connectivity index (χ1) is 13.1. The molecule has 6 rings (SSSR count). The van der Waals surface area contributed by atoms with Crippen LogP contribution in [-0.2, 0) is 11.3 Å². The summed E-state index contributed by atoms with van der Waals surface area (Å²) in [6, 6.07) is 8.12. The fourth-order valence-corrected chi connectivity index (χ4v) is 7.02. The molecule has 0 radical (unpaired) electrons. The monoisotopic (exact) mass is 381 g/mol. The number of carbonyl (C=O) groups excluding carboxylic acids is 1. The van der Waals surface area contributed by atoms with E-state index in [1.807, 2.05) is 24.3 Å². The molecule has 5 heteroatoms. The number of amides is 1. The zero-order valence-electron chi connectivity index (χ0n) is 15.7. The molecule has 142 valence electrons. The third-order valence-corrected chi connectivity index (χ3v) is 7.68. The Labute approximate surface area is 164 Å². The molecule has 0 saturated heterocycles. The van der Waals surface area contributed by atoms with Gasteiger partial charge in [-0.1, -0.05) is 30.0 Å². The molecule has 4 bridgehead atoms. The predicted molar refractivity (Wildman–Crippen MR) is 110 cm³/mol. The first-order valence-electron chi connectivity index (χ1n) is 10.1. The fourth-order valence-electron chi connectivity index (χ4n) is 6.19. The molecule has 4 nitrogen and oxygen atoms in total. The van der Waals surface area contributed by atoms with Gasteiger partial charge >= 0.3 is 0 Å². The molecule has 0 aliphatic heterocycles. The number of carbonyl (C=O) groups is 1. The highest BCUT2D eigenvalue weighted by molar-refractivity contribution is 7.99. The zero-order valence-corrected chi connectivity index (χ0v) is 16.5. The Morgan fingerprint density at radius 1 is 1.22 bits per heavy atom. The Hall–Kier alpha value is -1.75. The van der Waals surface area contributed by atoms with Crippen LogP contribution in [0.4, 0.5) is 0 Å². The lowest BCUT2D eigenvalue weighted by atomic mass is 9.53. The number of nitrogens with zero attached hydrogens (tertiary/aromatic N) is 2. The molecular weight excluding hydrogens is 354 g/mol. The van der Waals surface area contributed by atoms with E-state index in [-0.39, 0.29) is 11.4 Å². The van der Waals surface area contributed by atoms with Crippen molar-refractivity contribution in [1.82, 2.24) is 14.9 Å². The minimum Gasteiger partial charge on any atom is -0.350 e. The minimum atomic E-state index is 0.0909. The standard InChI is InChI=1S/C22H27N3OS/c1-2-7-25-19-6-4-3-5-18(19)23-21(25)27-14-20(26)24-22-11-15-8-16(12-22)10-17(9-15)13-22/h2-6,15-17H,1,7-14H2,(H,24,26). The highest BCUT2D eigenvalue weighted by Crippen LogP contribution is 2.55. The SMILES string of the molecule is C=CCn1c(SCC(=O)NC23CC4CC(CC(C4)C2)C3)nc2ccccc21. The molecule has 1 amide bonds. The van der Waals surface area contributed by atoms with Crippen molar-refractivity contribution in [2.75, 3.05) is 5.75 Å². The molecule has 1 aromatic heterocycles. The van der Waals surface area contributed by atoms with E-state index in [1.54, 1.807) is 11.8 Å². The first-order valence-corrected chi connectivity index (χ1v) is 11.1. The Morgan fingerprint density at radius 2 is 1.89 bits per heavy atom. The molecule has 4 aliphatic carbocycles. The van der Waals surface area contributed by atoms with Crippen LogP contribution in [0.3, 0.4) is 0 Å². The average molecular weight is 382 g/mol. The molecule has 27 heavy (non-hydrogen) atoms. The maximum atomic E-state index is 12.8. The first kappa shape index (κ1) is 17.4. The molecule has 0 atom stereocenters. The van der Waals surface area contributed by atoms with Crippen molar-refractivity contribution in [1.29, 1.82) is 0 Å². The molecule has 1 heterocycles. The summed E-state index contributed by atoms with van der Waals surface area (Å²) in [5, 5.41) is 4.36. The largest absolute Gasteiger partial charge is 0.350 e. The Morgan fingerprint density at radius 3 is 2.56 bits per heavy atom. The number of benzene rings is 1. The zero-order chi connectivity index (χ0) is 18.4. The van der Waals surface area contributed by atoms with Crippen LogP contribution in [0, 0.1) is 17.8 Å². The number of hydrogen-bond donors (Lipinski definition) is 1. The topological polar surface area (TPSA) is 46.9 Å². The number of hydrogen-bond acceptors (Lipinski definition) is 3. The van der Waals surface area contributed by atoms with Crippen molar-refractivity contribution in [3.8, 4) is 0 Å². The van der Waals surface area contributed by atoms with Gasteiger partial charge in [0.05, 0.1) is 16.8 Å². The van der Waals surface area contributed by atoms with Crippen molar-refractivity contribution in [3.63, 3.8) is 0 Å². The summed E-state index contributed by atoms with van der Waals surface area (Å²) < 4.78 is 2.14. The average Bonchev–Trinajstić information content (AvgIpc) is 2.97. The highest BCUT2D eigenvalue weighted by Gasteiger charge is 2.51. The molecule has 2 aromatic rings. The van der Waals surface area contributed by atoms with Gasteiger partial charge in [0.1, 0.15) is 0 Å². The number of para-hydroxylation sites is 2. The summed E-state index contributed by atoms with van der Waals surface area (Å²) in [4.78, 5) is 17.5. The highest BCUT2D eigenvalue weighted by atomic mass is 32.2. The maximum absolute atomic E-state index is 12.8. The minimum absolute atomic E-state index is 0.0909. The summed E-state index contributed by atoms with van der Waals surface area (Å²) in [7, 11) is 0. The third kappa shape index (κ3) is 3.20. The van der Waals surface area contributed by atoms with Crippen LogP contribution in [0.2, 0.25) is 0 Å². The second kappa shape index (κ2) is 6.69. The summed E-state index contributed by atoms with van der Waals surface area (Å²) in [6.45, 7) is 4.57. The van der Waals surface area contributed by atoms with Gasteiger partial charge in [-0.15, -0.1) is 6.58 Å². The molecule has 4 fully saturated rings. The van der Waals surface area contributed by atoms with E-state index in [2.05, 4.69) is 22.5 Å². The van der Waals surface area contributed by atoms with Gasteiger partial charge in [0.25, 0.3) is 0 Å². The lowest BCUT2D eigenvalue weighted by molar-refractivity contribution is -0.124. The van der Waals surface area contributed by atoms with Gasteiger partial charge in [-0.05, 0) is 68.4 Å². The van der Waals surface area contributed by atoms with E-state index >= 15 is 0 Å². The van der Waals surface area contributed by atoms with Crippen molar-refractivity contribution in [2.45, 2.75) is 55.8 Å². The molecule has 0 unspecified atom stereocenters. The summed E-state index contributed by atoms with van der Waals surface area (Å²) in [6.07, 6.45) is 9.67. The summed E-state index contributed by atoms with van der Waals surface area (Å²) in [5.41, 5.74) is 2.16. The van der Waals surface area contributed by atoms with E-state index in [4.69, 9.17) is 4.98 Å². The van der Waals surface area contributed by atoms with Gasteiger partial charge < -0.3 is 9.88 Å². The third-order valence-electron chi connectivity index (χ3n) is 6.71. The second-order valence-corrected chi connectivity index (χ2v) is 9.76. The van der Waals surface area contributed by atoms with Crippen molar-refractivity contribution >= 4 is 28.7 Å². The van der Waals surface area contributed by atoms with Crippen LogP contribution in [0.25, 0.3) is 11.0 Å². The number of imidazole rings is 1. The van der Waals surface area contributed by atoms with E-state index in [9.17, 15) is 4.79 Å². The number of allylic oxidation sites excluding steroid dienone is 1. The molecule has 0 spiro atoms. The van der Waals surface area contributed by atoms with Crippen LogP contribution in [0.15, 0.2) is 42.1 Å². The van der Waals surface area contributed by atoms with Gasteiger partial charge in [-0.3, -0.25) is 4.79 Å². The normalized spacial score (nSPS) is 31.3. The van der Waals surface area contributed by atoms with Crippen LogP contribution >= 0.6 is 11.8 Å². The van der Waals surface area contributed by atoms with Crippen LogP contribution in [-0.4, -0.2) is 26.8 Å². The smallest absolute Gasteiger partial charge is 0.230 e. The summed E-state index contributed by atoms with van der Waals surface area (Å²) in [5.74, 6) is 3.14. The number of thioether (sulfide) groups is 1. The van der Waals surface area contributed by atoms with E-state index in [0.29, 0.717) is 12.3 Å². The van der Waals surface area contributed by atoms with E-state index < -0.39 is 0 Å². The quantitative estimate of drug-likeness (QED) is 0.596. The fraction of sp³-hybridized carbons (Fsp3) is 0.545. The Balaban J connectivity index is 1.28. The van der Waals surface area contributed by atoms with Gasteiger partial charge in [0, 0.05) is 12.1 Å². The molecular formula is C22H27N3OS. The predicted octanol–water partition coefficient (Wildman–Crippen LogP) is 4.40. The van der Waals surface area contributed by atoms with E-state index in [1.165, 1.54) is 38.5 Å². The number of rotatable bonds is 6. The maximum Gasteiger partial charge on any atom is 0.230 e. The lowest BCUT2D eigenvalue weighted by Gasteiger charge is -2.56. The van der Waals surface area contributed by atoms with Crippen LogP contribution < -0.4 is 5.32 Å². The van der Waals surface area contributed by atoms with Gasteiger partial charge in [0.2, 0.25) is 5.91 Å². The van der Waals surface area contributed by atoms with Gasteiger partial charge in [0.15, 0.2) is 5.16 Å². The number of fused-ring (bicyclic) bond motifs is 1. The summed E-state index contributed by atoms with van der Waals surface area (Å²) >= 11 is 1.54. The number of aromatic nitrogens is 2. The lowest BCUT2D eigenvalue weighted by Crippen LogP contribution is -2.60. The van der Waals surface area contributed by atoms with Crippen molar-refractivity contribution in [2.24, 2.45) is 17.8 Å². The van der Waals surface area contributed by atoms with Crippen molar-refractivity contribution < 1.29 is 4.79 Å². The van der Waals surface area contributed by atoms with Crippen LogP contribution in [0.5, 0.6) is 0 Å². The molecule has 4 saturated carbocycles. The molecule has 1 aromatic carbocycles. The molecule has 1 N–H and O–H groups in total. The Bertz CT molecular complexity index is 852.